The summed E-state index contributed by atoms with van der Waals surface area (Å²) in [5, 5.41) is -1.52. The summed E-state index contributed by atoms with van der Waals surface area (Å²) < 4.78 is 53.3. The molecule has 1 heterocycles. The maximum Gasteiger partial charge on any atom is 0.332 e. The Bertz CT molecular complexity index is 1300. The van der Waals surface area contributed by atoms with E-state index in [-0.39, 0.29) is 19.8 Å². The molecule has 1 aliphatic rings. The van der Waals surface area contributed by atoms with E-state index in [9.17, 15) is 31.2 Å². The fourth-order valence-corrected chi connectivity index (χ4v) is 7.70. The summed E-state index contributed by atoms with van der Waals surface area (Å²) >= 11 is 11.6. The molecule has 176 valence electrons. The number of carbonyl (C=O) groups is 3. The molecule has 0 aromatic heterocycles. The Kier molecular flexibility index (Phi) is 6.90. The number of amides is 4. The molecule has 0 bridgehead atoms. The molecular weight excluding hydrogens is 515 g/mol. The predicted octanol–water partition coefficient (Wildman–Crippen LogP) is 2.28. The van der Waals surface area contributed by atoms with Crippen molar-refractivity contribution in [1.29, 1.82) is 0 Å². The number of nitrogens with zero attached hydrogens (tertiary/aromatic N) is 2. The van der Waals surface area contributed by atoms with E-state index >= 15 is 0 Å². The van der Waals surface area contributed by atoms with Gasteiger partial charge in [-0.1, -0.05) is 23.2 Å². The van der Waals surface area contributed by atoms with Gasteiger partial charge >= 0.3 is 6.03 Å². The Balaban J connectivity index is 2.17. The van der Waals surface area contributed by atoms with Crippen molar-refractivity contribution in [2.75, 3.05) is 19.8 Å². The van der Waals surface area contributed by atoms with Gasteiger partial charge in [-0.2, -0.15) is 0 Å². The molecule has 33 heavy (non-hydrogen) atoms. The predicted molar refractivity (Wildman–Crippen MR) is 120 cm³/mol. The van der Waals surface area contributed by atoms with E-state index in [4.69, 9.17) is 23.2 Å². The van der Waals surface area contributed by atoms with Gasteiger partial charge in [0.05, 0.1) is 15.5 Å². The number of hydrogen-bond acceptors (Lipinski definition) is 7. The van der Waals surface area contributed by atoms with Gasteiger partial charge in [-0.3, -0.25) is 19.4 Å². The SMILES string of the molecule is CN1C(=O)C(C(CS(=O)(=O)c2ccc(Cl)cc2)S(=O)(=O)c2ccc(Cl)cc2)C(=O)N(C)C1=O. The molecule has 1 aliphatic heterocycles. The van der Waals surface area contributed by atoms with E-state index in [1.165, 1.54) is 36.4 Å². The third-order valence-electron chi connectivity index (χ3n) is 5.24. The molecule has 0 aliphatic carbocycles. The average Bonchev–Trinajstić information content (AvgIpc) is 2.76. The van der Waals surface area contributed by atoms with Gasteiger partial charge in [0.1, 0.15) is 11.2 Å². The van der Waals surface area contributed by atoms with Gasteiger partial charge in [0.2, 0.25) is 11.8 Å². The second-order valence-corrected chi connectivity index (χ2v) is 12.4. The Morgan fingerprint density at radius 2 is 1.15 bits per heavy atom. The van der Waals surface area contributed by atoms with Crippen molar-refractivity contribution in [3.8, 4) is 0 Å². The summed E-state index contributed by atoms with van der Waals surface area (Å²) in [6, 6.07) is 8.92. The smallest absolute Gasteiger partial charge is 0.273 e. The fourth-order valence-electron chi connectivity index (χ4n) is 3.37. The number of carbonyl (C=O) groups excluding carboxylic acids is 3. The van der Waals surface area contributed by atoms with Gasteiger partial charge in [-0.15, -0.1) is 0 Å². The molecule has 0 saturated carbocycles. The van der Waals surface area contributed by atoms with Crippen LogP contribution >= 0.6 is 23.2 Å². The maximum atomic E-state index is 13.5. The topological polar surface area (TPSA) is 126 Å². The Morgan fingerprint density at radius 1 is 0.758 bits per heavy atom. The van der Waals surface area contributed by atoms with Crippen LogP contribution < -0.4 is 0 Å². The molecule has 1 saturated heterocycles. The molecular formula is C20H18Cl2N2O7S2. The van der Waals surface area contributed by atoms with Crippen LogP contribution in [-0.4, -0.2) is 69.6 Å². The van der Waals surface area contributed by atoms with Gasteiger partial charge in [-0.05, 0) is 48.5 Å². The Hall–Kier alpha value is -2.47. The van der Waals surface area contributed by atoms with E-state index in [0.29, 0.717) is 9.80 Å². The minimum Gasteiger partial charge on any atom is -0.273 e. The van der Waals surface area contributed by atoms with Gasteiger partial charge in [-0.25, -0.2) is 21.6 Å². The number of imide groups is 2. The van der Waals surface area contributed by atoms with E-state index < -0.39 is 54.4 Å². The van der Waals surface area contributed by atoms with Crippen LogP contribution in [0.4, 0.5) is 4.79 Å². The Morgan fingerprint density at radius 3 is 1.58 bits per heavy atom. The summed E-state index contributed by atoms with van der Waals surface area (Å²) in [5.74, 6) is -5.27. The van der Waals surface area contributed by atoms with E-state index in [1.807, 2.05) is 0 Å². The number of barbiturate groups is 1. The molecule has 4 amide bonds. The number of halogens is 2. The lowest BCUT2D eigenvalue weighted by atomic mass is 10.0. The van der Waals surface area contributed by atoms with Gasteiger partial charge in [0, 0.05) is 24.1 Å². The average molecular weight is 533 g/mol. The van der Waals surface area contributed by atoms with Crippen molar-refractivity contribution in [3.05, 3.63) is 58.6 Å². The van der Waals surface area contributed by atoms with Crippen molar-refractivity contribution in [1.82, 2.24) is 9.80 Å². The summed E-state index contributed by atoms with van der Waals surface area (Å²) in [5.41, 5.74) is 0. The zero-order chi connectivity index (χ0) is 24.7. The van der Waals surface area contributed by atoms with Crippen LogP contribution in [-0.2, 0) is 29.3 Å². The number of hydrogen-bond donors (Lipinski definition) is 0. The normalized spacial score (nSPS) is 16.9. The standard InChI is InChI=1S/C20H18Cl2N2O7S2/c1-23-18(25)17(19(26)24(2)20(23)27)16(33(30,31)15-9-5-13(22)6-10-15)11-32(28,29)14-7-3-12(21)4-8-14/h3-10,16-17H,11H2,1-2H3. The molecule has 0 radical (unpaired) electrons. The first-order valence-corrected chi connectivity index (χ1v) is 13.3. The van der Waals surface area contributed by atoms with Gasteiger partial charge in [0.25, 0.3) is 0 Å². The lowest BCUT2D eigenvalue weighted by Crippen LogP contribution is -2.61. The first kappa shape index (κ1) is 25.2. The van der Waals surface area contributed by atoms with Crippen molar-refractivity contribution in [2.45, 2.75) is 15.0 Å². The first-order valence-electron chi connectivity index (χ1n) is 9.34. The quantitative estimate of drug-likeness (QED) is 0.522. The molecule has 13 heteroatoms. The maximum absolute atomic E-state index is 13.5. The fraction of sp³-hybridized carbons (Fsp3) is 0.250. The van der Waals surface area contributed by atoms with Crippen molar-refractivity contribution >= 4 is 60.7 Å². The second kappa shape index (κ2) is 9.05. The van der Waals surface area contributed by atoms with E-state index in [2.05, 4.69) is 0 Å². The third kappa shape index (κ3) is 4.77. The van der Waals surface area contributed by atoms with Crippen LogP contribution in [0.2, 0.25) is 10.0 Å². The monoisotopic (exact) mass is 532 g/mol. The third-order valence-corrected chi connectivity index (χ3v) is 9.90. The number of benzene rings is 2. The zero-order valence-electron chi connectivity index (χ0n) is 17.3. The highest BCUT2D eigenvalue weighted by Gasteiger charge is 2.52. The number of urea groups is 1. The summed E-state index contributed by atoms with van der Waals surface area (Å²) in [6.07, 6.45) is 0. The first-order chi connectivity index (χ1) is 15.3. The van der Waals surface area contributed by atoms with Gasteiger partial charge in [0.15, 0.2) is 19.7 Å². The molecule has 0 N–H and O–H groups in total. The summed E-state index contributed by atoms with van der Waals surface area (Å²) in [4.78, 5) is 38.5. The van der Waals surface area contributed by atoms with Crippen LogP contribution in [0, 0.1) is 5.92 Å². The minimum absolute atomic E-state index is 0.231. The molecule has 9 nitrogen and oxygen atoms in total. The largest absolute Gasteiger partial charge is 0.332 e. The van der Waals surface area contributed by atoms with Crippen molar-refractivity contribution in [2.24, 2.45) is 5.92 Å². The lowest BCUT2D eigenvalue weighted by molar-refractivity contribution is -0.147. The summed E-state index contributed by atoms with van der Waals surface area (Å²) in [7, 11) is -6.71. The van der Waals surface area contributed by atoms with Crippen LogP contribution in [0.3, 0.4) is 0 Å². The highest BCUT2D eigenvalue weighted by Crippen LogP contribution is 2.31. The molecule has 1 unspecified atom stereocenters. The molecule has 3 rings (SSSR count). The van der Waals surface area contributed by atoms with E-state index in [1.54, 1.807) is 0 Å². The highest BCUT2D eigenvalue weighted by atomic mass is 35.5. The zero-order valence-corrected chi connectivity index (χ0v) is 20.5. The second-order valence-electron chi connectivity index (χ2n) is 7.33. The highest BCUT2D eigenvalue weighted by molar-refractivity contribution is 7.95. The van der Waals surface area contributed by atoms with Crippen molar-refractivity contribution < 1.29 is 31.2 Å². The molecule has 2 aromatic carbocycles. The number of rotatable bonds is 6. The number of sulfone groups is 2. The summed E-state index contributed by atoms with van der Waals surface area (Å²) in [6.45, 7) is 0. The minimum atomic E-state index is -4.57. The lowest BCUT2D eigenvalue weighted by Gasteiger charge is -2.36. The van der Waals surface area contributed by atoms with E-state index in [0.717, 1.165) is 26.2 Å². The molecule has 1 atom stereocenters. The Labute approximate surface area is 200 Å². The molecule has 0 spiro atoms. The molecule has 1 fully saturated rings. The van der Waals surface area contributed by atoms with Crippen LogP contribution in [0.5, 0.6) is 0 Å². The van der Waals surface area contributed by atoms with Crippen LogP contribution in [0.15, 0.2) is 58.3 Å². The van der Waals surface area contributed by atoms with Gasteiger partial charge < -0.3 is 0 Å². The van der Waals surface area contributed by atoms with Crippen LogP contribution in [0.25, 0.3) is 0 Å². The van der Waals surface area contributed by atoms with Crippen LogP contribution in [0.1, 0.15) is 0 Å². The molecule has 2 aromatic rings. The van der Waals surface area contributed by atoms with Crippen molar-refractivity contribution in [3.63, 3.8) is 0 Å².